The third-order valence-electron chi connectivity index (χ3n) is 3.82. The minimum atomic E-state index is -1.25. The zero-order valence-corrected chi connectivity index (χ0v) is 14.8. The first-order valence-electron chi connectivity index (χ1n) is 7.87. The fourth-order valence-corrected chi connectivity index (χ4v) is 2.77. The normalized spacial score (nSPS) is 11.4. The molecule has 128 valence electrons. The maximum atomic E-state index is 11.6. The zero-order chi connectivity index (χ0) is 18.4. The van der Waals surface area contributed by atoms with E-state index < -0.39 is 5.97 Å². The van der Waals surface area contributed by atoms with Crippen molar-refractivity contribution >= 4 is 23.3 Å². The van der Waals surface area contributed by atoms with Gasteiger partial charge in [-0.1, -0.05) is 23.7 Å². The molecule has 0 atom stereocenters. The fraction of sp³-hybridized carbons (Fsp3) is 0.211. The lowest BCUT2D eigenvalue weighted by Crippen LogP contribution is -2.24. The van der Waals surface area contributed by atoms with Crippen molar-refractivity contribution < 1.29 is 9.90 Å². The van der Waals surface area contributed by atoms with Crippen LogP contribution in [0, 0.1) is 11.3 Å². The largest absolute Gasteiger partial charge is 0.477 e. The number of benzene rings is 1. The van der Waals surface area contributed by atoms with Gasteiger partial charge < -0.3 is 10.0 Å². The molecule has 0 spiro atoms. The molecule has 0 unspecified atom stereocenters. The number of rotatable bonds is 6. The molecule has 0 fully saturated rings. The molecule has 1 heterocycles. The van der Waals surface area contributed by atoms with E-state index >= 15 is 0 Å². The predicted molar refractivity (Wildman–Crippen MR) is 97.8 cm³/mol. The summed E-state index contributed by atoms with van der Waals surface area (Å²) in [6.07, 6.45) is 1.64. The molecule has 0 bridgehead atoms. The molecule has 0 saturated heterocycles. The summed E-state index contributed by atoms with van der Waals surface area (Å²) in [4.78, 5) is 17.9. The molecule has 0 aliphatic carbocycles. The summed E-state index contributed by atoms with van der Waals surface area (Å²) in [6, 6.07) is 12.5. The summed E-state index contributed by atoms with van der Waals surface area (Å²) in [6.45, 7) is 4.97. The van der Waals surface area contributed by atoms with Crippen molar-refractivity contribution in [3.63, 3.8) is 0 Å². The van der Waals surface area contributed by atoms with Gasteiger partial charge in [-0.25, -0.2) is 4.79 Å². The van der Waals surface area contributed by atoms with Crippen molar-refractivity contribution in [1.82, 2.24) is 9.88 Å². The number of nitrogens with zero attached hydrogens (tertiary/aromatic N) is 3. The lowest BCUT2D eigenvalue weighted by Gasteiger charge is -2.26. The second-order valence-corrected chi connectivity index (χ2v) is 5.66. The van der Waals surface area contributed by atoms with Crippen LogP contribution in [-0.4, -0.2) is 34.0 Å². The van der Waals surface area contributed by atoms with E-state index in [1.165, 1.54) is 0 Å². The van der Waals surface area contributed by atoms with E-state index in [2.05, 4.69) is 4.98 Å². The second kappa shape index (κ2) is 8.32. The highest BCUT2D eigenvalue weighted by Gasteiger charge is 2.23. The van der Waals surface area contributed by atoms with Crippen LogP contribution in [0.15, 0.2) is 48.2 Å². The number of halogens is 1. The number of carboxylic acids is 1. The Morgan fingerprint density at radius 2 is 1.88 bits per heavy atom. The maximum Gasteiger partial charge on any atom is 0.348 e. The van der Waals surface area contributed by atoms with Gasteiger partial charge in [0.05, 0.1) is 11.4 Å². The van der Waals surface area contributed by atoms with Crippen LogP contribution < -0.4 is 0 Å². The number of hydrogen-bond donors (Lipinski definition) is 1. The van der Waals surface area contributed by atoms with Crippen LogP contribution in [-0.2, 0) is 4.79 Å². The molecule has 1 aromatic carbocycles. The minimum absolute atomic E-state index is 0.299. The highest BCUT2D eigenvalue weighted by molar-refractivity contribution is 6.30. The van der Waals surface area contributed by atoms with Gasteiger partial charge in [0.1, 0.15) is 6.07 Å². The molecular formula is C19H18ClN3O2. The van der Waals surface area contributed by atoms with Crippen molar-refractivity contribution in [2.45, 2.75) is 13.8 Å². The van der Waals surface area contributed by atoms with Gasteiger partial charge in [0.25, 0.3) is 0 Å². The van der Waals surface area contributed by atoms with Crippen molar-refractivity contribution in [3.05, 3.63) is 58.8 Å². The van der Waals surface area contributed by atoms with E-state index in [0.717, 1.165) is 5.56 Å². The van der Waals surface area contributed by atoms with Crippen LogP contribution >= 0.6 is 11.6 Å². The third-order valence-corrected chi connectivity index (χ3v) is 4.07. The van der Waals surface area contributed by atoms with Crippen LogP contribution in [0.25, 0.3) is 17.0 Å². The van der Waals surface area contributed by atoms with E-state index in [-0.39, 0.29) is 5.57 Å². The van der Waals surface area contributed by atoms with Crippen molar-refractivity contribution in [2.75, 3.05) is 13.1 Å². The Balaban J connectivity index is 2.78. The van der Waals surface area contributed by atoms with Crippen LogP contribution in [0.2, 0.25) is 5.02 Å². The number of aliphatic carboxylic acids is 1. The highest BCUT2D eigenvalue weighted by Crippen LogP contribution is 2.31. The smallest absolute Gasteiger partial charge is 0.348 e. The SMILES string of the molecule is CCN(CC)C(=C(C#N)C(=O)O)c1cccnc1-c1ccc(Cl)cc1. The topological polar surface area (TPSA) is 77.2 Å². The Bertz CT molecular complexity index is 834. The van der Waals surface area contributed by atoms with Crippen molar-refractivity contribution in [2.24, 2.45) is 0 Å². The first-order valence-corrected chi connectivity index (χ1v) is 8.25. The molecule has 6 heteroatoms. The summed E-state index contributed by atoms with van der Waals surface area (Å²) in [5, 5.41) is 19.5. The Labute approximate surface area is 151 Å². The van der Waals surface area contributed by atoms with Crippen molar-refractivity contribution in [3.8, 4) is 17.3 Å². The monoisotopic (exact) mass is 355 g/mol. The van der Waals surface area contributed by atoms with E-state index in [0.29, 0.717) is 35.1 Å². The number of hydrogen-bond acceptors (Lipinski definition) is 4. The highest BCUT2D eigenvalue weighted by atomic mass is 35.5. The first kappa shape index (κ1) is 18.5. The minimum Gasteiger partial charge on any atom is -0.477 e. The molecule has 0 aliphatic rings. The number of aromatic nitrogens is 1. The predicted octanol–water partition coefficient (Wildman–Crippen LogP) is 4.06. The maximum absolute atomic E-state index is 11.6. The van der Waals surface area contributed by atoms with Gasteiger partial charge in [0.2, 0.25) is 0 Å². The van der Waals surface area contributed by atoms with Crippen LogP contribution in [0.3, 0.4) is 0 Å². The average Bonchev–Trinajstić information content (AvgIpc) is 2.62. The molecule has 2 rings (SSSR count). The lowest BCUT2D eigenvalue weighted by atomic mass is 9.99. The van der Waals surface area contributed by atoms with Gasteiger partial charge in [-0.05, 0) is 38.1 Å². The number of carbonyl (C=O) groups is 1. The van der Waals surface area contributed by atoms with Gasteiger partial charge >= 0.3 is 5.97 Å². The first-order chi connectivity index (χ1) is 12.0. The molecule has 1 aromatic heterocycles. The van der Waals surface area contributed by atoms with E-state index in [1.54, 1.807) is 30.5 Å². The molecule has 0 radical (unpaired) electrons. The average molecular weight is 356 g/mol. The van der Waals surface area contributed by atoms with E-state index in [1.807, 2.05) is 36.9 Å². The summed E-state index contributed by atoms with van der Waals surface area (Å²) in [5.74, 6) is -1.25. The van der Waals surface area contributed by atoms with Gasteiger partial charge in [0.15, 0.2) is 5.57 Å². The van der Waals surface area contributed by atoms with E-state index in [9.17, 15) is 15.2 Å². The Hall–Kier alpha value is -2.84. The van der Waals surface area contributed by atoms with Crippen LogP contribution in [0.4, 0.5) is 0 Å². The zero-order valence-electron chi connectivity index (χ0n) is 14.0. The Kier molecular flexibility index (Phi) is 6.15. The summed E-state index contributed by atoms with van der Waals surface area (Å²) in [7, 11) is 0. The van der Waals surface area contributed by atoms with Crippen molar-refractivity contribution in [1.29, 1.82) is 5.26 Å². The molecule has 2 aromatic rings. The van der Waals surface area contributed by atoms with Gasteiger partial charge in [-0.3, -0.25) is 4.98 Å². The molecule has 1 N–H and O–H groups in total. The molecule has 0 amide bonds. The summed E-state index contributed by atoms with van der Waals surface area (Å²) >= 11 is 5.95. The number of nitriles is 1. The molecule has 0 aliphatic heterocycles. The van der Waals surface area contributed by atoms with Crippen LogP contribution in [0.5, 0.6) is 0 Å². The standard InChI is InChI=1S/C19H18ClN3O2/c1-3-23(4-2)18(16(12-21)19(24)25)15-6-5-11-22-17(15)13-7-9-14(20)10-8-13/h5-11H,3-4H2,1-2H3,(H,24,25). The summed E-state index contributed by atoms with van der Waals surface area (Å²) in [5.41, 5.74) is 2.08. The molecule has 0 saturated carbocycles. The third kappa shape index (κ3) is 3.98. The summed E-state index contributed by atoms with van der Waals surface area (Å²) < 4.78 is 0. The molecule has 5 nitrogen and oxygen atoms in total. The van der Waals surface area contributed by atoms with Gasteiger partial charge in [0, 0.05) is 35.4 Å². The number of carboxylic acid groups (broad SMARTS) is 1. The molecular weight excluding hydrogens is 338 g/mol. The Morgan fingerprint density at radius 1 is 1.24 bits per heavy atom. The fourth-order valence-electron chi connectivity index (χ4n) is 2.64. The lowest BCUT2D eigenvalue weighted by molar-refractivity contribution is -0.132. The van der Waals surface area contributed by atoms with E-state index in [4.69, 9.17) is 11.6 Å². The Morgan fingerprint density at radius 3 is 2.40 bits per heavy atom. The quantitative estimate of drug-likeness (QED) is 0.624. The number of pyridine rings is 1. The van der Waals surface area contributed by atoms with Gasteiger partial charge in [-0.15, -0.1) is 0 Å². The molecule has 25 heavy (non-hydrogen) atoms. The van der Waals surface area contributed by atoms with Crippen LogP contribution in [0.1, 0.15) is 19.4 Å². The second-order valence-electron chi connectivity index (χ2n) is 5.22. The van der Waals surface area contributed by atoms with Gasteiger partial charge in [-0.2, -0.15) is 5.26 Å².